The van der Waals surface area contributed by atoms with Crippen LogP contribution in [0, 0.1) is 6.92 Å². The van der Waals surface area contributed by atoms with E-state index in [1.165, 1.54) is 5.56 Å². The average molecular weight is 413 g/mol. The summed E-state index contributed by atoms with van der Waals surface area (Å²) in [5.74, 6) is 0.114. The monoisotopic (exact) mass is 412 g/mol. The molecule has 0 aliphatic rings. The molecular weight excluding hydrogens is 392 g/mol. The molecule has 5 aromatic rings. The maximum absolute atomic E-state index is 12.8. The third-order valence-corrected chi connectivity index (χ3v) is 6.38. The van der Waals surface area contributed by atoms with Gasteiger partial charge in [-0.05, 0) is 67.4 Å². The number of aryl methyl sites for hydroxylation is 2. The molecule has 0 fully saturated rings. The third kappa shape index (κ3) is 3.27. The number of para-hydroxylation sites is 1. The Balaban J connectivity index is 1.38. The van der Waals surface area contributed by atoms with Gasteiger partial charge in [0.05, 0.1) is 10.2 Å². The number of carbonyl (C=O) groups excluding carboxylic acids is 1. The summed E-state index contributed by atoms with van der Waals surface area (Å²) in [6.45, 7) is 4.04. The van der Waals surface area contributed by atoms with E-state index >= 15 is 0 Å². The number of nitrogens with zero attached hydrogens (tertiary/aromatic N) is 1. The zero-order valence-electron chi connectivity index (χ0n) is 16.7. The molecule has 0 atom stereocenters. The fourth-order valence-corrected chi connectivity index (χ4v) is 4.56. The van der Waals surface area contributed by atoms with Crippen molar-refractivity contribution < 1.29 is 9.21 Å². The summed E-state index contributed by atoms with van der Waals surface area (Å²) in [6, 6.07) is 21.9. The first-order chi connectivity index (χ1) is 14.6. The van der Waals surface area contributed by atoms with E-state index < -0.39 is 0 Å². The Morgan fingerprint density at radius 1 is 1.07 bits per heavy atom. The minimum Gasteiger partial charge on any atom is -0.451 e. The number of furan rings is 1. The van der Waals surface area contributed by atoms with Crippen molar-refractivity contribution in [3.05, 3.63) is 83.6 Å². The fourth-order valence-electron chi connectivity index (χ4n) is 3.58. The molecule has 0 bridgehead atoms. The Morgan fingerprint density at radius 3 is 2.63 bits per heavy atom. The number of rotatable bonds is 4. The summed E-state index contributed by atoms with van der Waals surface area (Å²) in [6.07, 6.45) is 0.948. The molecule has 2 aromatic heterocycles. The van der Waals surface area contributed by atoms with Gasteiger partial charge < -0.3 is 9.73 Å². The van der Waals surface area contributed by atoms with Gasteiger partial charge in [-0.3, -0.25) is 4.79 Å². The van der Waals surface area contributed by atoms with Crippen LogP contribution in [0.3, 0.4) is 0 Å². The lowest BCUT2D eigenvalue weighted by Crippen LogP contribution is -2.11. The van der Waals surface area contributed by atoms with Gasteiger partial charge in [-0.1, -0.05) is 25.1 Å². The zero-order valence-corrected chi connectivity index (χ0v) is 17.5. The quantitative estimate of drug-likeness (QED) is 0.352. The predicted molar refractivity (Wildman–Crippen MR) is 123 cm³/mol. The van der Waals surface area contributed by atoms with Crippen molar-refractivity contribution >= 4 is 44.1 Å². The summed E-state index contributed by atoms with van der Waals surface area (Å²) in [4.78, 5) is 17.5. The molecule has 4 nitrogen and oxygen atoms in total. The number of benzene rings is 3. The molecule has 1 amide bonds. The second-order valence-corrected chi connectivity index (χ2v) is 8.29. The van der Waals surface area contributed by atoms with Gasteiger partial charge in [-0.2, -0.15) is 0 Å². The van der Waals surface area contributed by atoms with Crippen molar-refractivity contribution in [3.63, 3.8) is 0 Å². The zero-order chi connectivity index (χ0) is 20.7. The van der Waals surface area contributed by atoms with Gasteiger partial charge in [-0.15, -0.1) is 11.3 Å². The van der Waals surface area contributed by atoms with E-state index in [-0.39, 0.29) is 5.91 Å². The maximum atomic E-state index is 12.8. The van der Waals surface area contributed by atoms with Crippen molar-refractivity contribution in [2.24, 2.45) is 0 Å². The van der Waals surface area contributed by atoms with Gasteiger partial charge in [0, 0.05) is 22.2 Å². The molecule has 1 N–H and O–H groups in total. The molecule has 0 unspecified atom stereocenters. The topological polar surface area (TPSA) is 55.1 Å². The van der Waals surface area contributed by atoms with Crippen molar-refractivity contribution in [3.8, 4) is 10.6 Å². The maximum Gasteiger partial charge on any atom is 0.291 e. The smallest absolute Gasteiger partial charge is 0.291 e. The van der Waals surface area contributed by atoms with Gasteiger partial charge in [0.15, 0.2) is 5.76 Å². The van der Waals surface area contributed by atoms with Crippen LogP contribution in [0.4, 0.5) is 5.69 Å². The third-order valence-electron chi connectivity index (χ3n) is 5.30. The highest BCUT2D eigenvalue weighted by Gasteiger charge is 2.18. The van der Waals surface area contributed by atoms with Crippen LogP contribution in [0.15, 0.2) is 71.1 Å². The van der Waals surface area contributed by atoms with E-state index in [0.717, 1.165) is 49.4 Å². The molecular formula is C25H20N2O2S. The SMILES string of the molecule is CCc1ccc2oc(C(=O)Nc3ccc(-c4nc5ccccc5s4)cc3)c(C)c2c1. The van der Waals surface area contributed by atoms with E-state index in [2.05, 4.69) is 29.4 Å². The van der Waals surface area contributed by atoms with Crippen molar-refractivity contribution in [2.75, 3.05) is 5.32 Å². The van der Waals surface area contributed by atoms with Gasteiger partial charge in [0.25, 0.3) is 5.91 Å². The number of aromatic nitrogens is 1. The van der Waals surface area contributed by atoms with Crippen molar-refractivity contribution in [1.29, 1.82) is 0 Å². The van der Waals surface area contributed by atoms with E-state index in [1.54, 1.807) is 11.3 Å². The normalized spacial score (nSPS) is 11.3. The molecule has 0 saturated carbocycles. The first kappa shape index (κ1) is 18.6. The molecule has 0 saturated heterocycles. The first-order valence-electron chi connectivity index (χ1n) is 9.92. The summed E-state index contributed by atoms with van der Waals surface area (Å²) >= 11 is 1.66. The summed E-state index contributed by atoms with van der Waals surface area (Å²) in [7, 11) is 0. The lowest BCUT2D eigenvalue weighted by molar-refractivity contribution is 0.0998. The largest absolute Gasteiger partial charge is 0.451 e. The highest BCUT2D eigenvalue weighted by Crippen LogP contribution is 2.31. The predicted octanol–water partition coefficient (Wildman–Crippen LogP) is 6.83. The Bertz CT molecular complexity index is 1350. The minimum absolute atomic E-state index is 0.241. The molecule has 0 spiro atoms. The minimum atomic E-state index is -0.241. The van der Waals surface area contributed by atoms with Gasteiger partial charge in [0.2, 0.25) is 0 Å². The van der Waals surface area contributed by atoms with E-state index in [9.17, 15) is 4.79 Å². The van der Waals surface area contributed by atoms with Crippen LogP contribution in [-0.2, 0) is 6.42 Å². The number of hydrogen-bond acceptors (Lipinski definition) is 4. The van der Waals surface area contributed by atoms with Crippen LogP contribution in [-0.4, -0.2) is 10.9 Å². The van der Waals surface area contributed by atoms with Crippen LogP contribution in [0.2, 0.25) is 0 Å². The molecule has 5 heteroatoms. The second-order valence-electron chi connectivity index (χ2n) is 7.26. The number of amides is 1. The Kier molecular flexibility index (Phi) is 4.60. The standard InChI is InChI=1S/C25H20N2O2S/c1-3-16-8-13-21-19(14-16)15(2)23(29-21)24(28)26-18-11-9-17(10-12-18)25-27-20-6-4-5-7-22(20)30-25/h4-14H,3H2,1-2H3,(H,26,28). The van der Waals surface area contributed by atoms with E-state index in [1.807, 2.05) is 61.5 Å². The van der Waals surface area contributed by atoms with Crippen LogP contribution < -0.4 is 5.32 Å². The average Bonchev–Trinajstić information content (AvgIpc) is 3.35. The molecule has 0 aliphatic carbocycles. The Hall–Kier alpha value is -3.44. The van der Waals surface area contributed by atoms with Gasteiger partial charge in [0.1, 0.15) is 10.6 Å². The number of fused-ring (bicyclic) bond motifs is 2. The number of nitrogens with one attached hydrogen (secondary N) is 1. The van der Waals surface area contributed by atoms with Crippen molar-refractivity contribution in [2.45, 2.75) is 20.3 Å². The Labute approximate surface area is 178 Å². The summed E-state index contributed by atoms with van der Waals surface area (Å²) in [5.41, 5.74) is 5.58. The number of anilines is 1. The second kappa shape index (κ2) is 7.43. The fraction of sp³-hybridized carbons (Fsp3) is 0.120. The van der Waals surface area contributed by atoms with Gasteiger partial charge >= 0.3 is 0 Å². The van der Waals surface area contributed by atoms with E-state index in [0.29, 0.717) is 5.76 Å². The molecule has 5 rings (SSSR count). The summed E-state index contributed by atoms with van der Waals surface area (Å²) < 4.78 is 7.00. The highest BCUT2D eigenvalue weighted by atomic mass is 32.1. The number of carbonyl (C=O) groups is 1. The number of hydrogen-bond donors (Lipinski definition) is 1. The lowest BCUT2D eigenvalue weighted by atomic mass is 10.1. The van der Waals surface area contributed by atoms with Crippen molar-refractivity contribution in [1.82, 2.24) is 4.98 Å². The lowest BCUT2D eigenvalue weighted by Gasteiger charge is -2.05. The van der Waals surface area contributed by atoms with Gasteiger partial charge in [-0.25, -0.2) is 4.98 Å². The van der Waals surface area contributed by atoms with Crippen LogP contribution in [0.1, 0.15) is 28.6 Å². The van der Waals surface area contributed by atoms with E-state index in [4.69, 9.17) is 4.42 Å². The molecule has 30 heavy (non-hydrogen) atoms. The molecule has 148 valence electrons. The highest BCUT2D eigenvalue weighted by molar-refractivity contribution is 7.21. The number of thiazole rings is 1. The summed E-state index contributed by atoms with van der Waals surface area (Å²) in [5, 5.41) is 4.90. The van der Waals surface area contributed by atoms with Crippen LogP contribution in [0.25, 0.3) is 31.8 Å². The molecule has 2 heterocycles. The van der Waals surface area contributed by atoms with Crippen LogP contribution >= 0.6 is 11.3 Å². The molecule has 0 radical (unpaired) electrons. The molecule has 0 aliphatic heterocycles. The molecule has 3 aromatic carbocycles. The Morgan fingerprint density at radius 2 is 1.87 bits per heavy atom. The van der Waals surface area contributed by atoms with Crippen LogP contribution in [0.5, 0.6) is 0 Å². The first-order valence-corrected chi connectivity index (χ1v) is 10.7.